The number of allylic oxidation sites excluding steroid dienone is 24. The number of carbonyl (C=O) groups excluding carboxylic acids is 4. The van der Waals surface area contributed by atoms with E-state index in [9.17, 15) is 121 Å². The van der Waals surface area contributed by atoms with Crippen molar-refractivity contribution in [3.63, 3.8) is 0 Å². The van der Waals surface area contributed by atoms with E-state index in [4.69, 9.17) is 48.4 Å². The number of cyclic esters (lactones) is 2. The van der Waals surface area contributed by atoms with Crippen LogP contribution in [-0.4, -0.2) is 341 Å². The van der Waals surface area contributed by atoms with E-state index >= 15 is 0 Å². The number of methoxy groups -OCH3 is 1. The van der Waals surface area contributed by atoms with E-state index in [0.717, 1.165) is 7.11 Å². The van der Waals surface area contributed by atoms with Gasteiger partial charge in [-0.05, 0) is 66.2 Å². The Balaban J connectivity index is 1.26. The Morgan fingerprint density at radius 3 is 1.13 bits per heavy atom. The summed E-state index contributed by atoms with van der Waals surface area (Å²) in [5.74, 6) is -13.2. The number of aliphatic hydroxyl groups excluding tert-OH is 18. The molecule has 6 aliphatic rings. The van der Waals surface area contributed by atoms with Gasteiger partial charge in [0, 0.05) is 88.1 Å². The molecule has 752 valence electrons. The highest BCUT2D eigenvalue weighted by atomic mass is 16.7. The molecule has 0 aromatic heterocycles. The summed E-state index contributed by atoms with van der Waals surface area (Å²) in [6.45, 7) is 12.7. The molecular formula is C97H151N3O33. The molecule has 0 unspecified atom stereocenters. The highest BCUT2D eigenvalue weighted by Crippen LogP contribution is 2.41. The van der Waals surface area contributed by atoms with Crippen LogP contribution in [0.1, 0.15) is 158 Å². The predicted molar refractivity (Wildman–Crippen MR) is 488 cm³/mol. The highest BCUT2D eigenvalue weighted by molar-refractivity contribution is 5.80. The Morgan fingerprint density at radius 2 is 0.737 bits per heavy atom. The fourth-order valence-electron chi connectivity index (χ4n) is 16.8. The second-order valence-electron chi connectivity index (χ2n) is 36.2. The van der Waals surface area contributed by atoms with E-state index in [-0.39, 0.29) is 63.5 Å². The zero-order chi connectivity index (χ0) is 98.4. The lowest BCUT2D eigenvalue weighted by Crippen LogP contribution is -2.64. The van der Waals surface area contributed by atoms with E-state index in [2.05, 4.69) is 10.6 Å². The molecule has 0 aromatic carbocycles. The molecule has 0 radical (unpaired) electrons. The van der Waals surface area contributed by atoms with Gasteiger partial charge in [-0.2, -0.15) is 0 Å². The number of rotatable bonds is 10. The SMILES string of the molecule is COC(=O)[C@H]1[C@@H]2C[C@@H](O[C@@H]3O[C@H](C)[C@@H](O)[C@H](NCCNC(=O)[C@H]4[C@@H]5C[C@@H](O[C@@H]6O[C@H](C)[C@@H](O)[C@H](N)[C@@H]6O)C=CC=CC=CC=CC=CC=CC=C[C@H](C)[C@@H](O)[C@@H](C)[C@H](C)OC(=O)C[C@H](O)C[C@H](O)CC[C@@H](O)[C@H](O)C[C@H](O)C[C@](O)(C[C@@H]4O)O5)[C@@H]3O)/C=C/C=C/C=C/C=C/C=C/C=C/C=C/[C@H](C)[C@@H](O)[C@@H](C)[C@H](C)OC(=O)C[C@H](O)C[C@H](O)CC[C@@H](O)[C@H](O)C[C@H](O)C[C@](O)(C[C@@H]1O)O2. The Kier molecular flexibility index (Phi) is 50.2. The number of carbonyl (C=O) groups is 4. The molecule has 38 atom stereocenters. The van der Waals surface area contributed by atoms with Crippen LogP contribution >= 0.6 is 0 Å². The van der Waals surface area contributed by atoms with E-state index in [1.807, 2.05) is 6.92 Å². The third-order valence-corrected chi connectivity index (χ3v) is 25.0. The van der Waals surface area contributed by atoms with Crippen LogP contribution < -0.4 is 16.4 Å². The van der Waals surface area contributed by atoms with Gasteiger partial charge in [-0.15, -0.1) is 0 Å². The number of aliphatic hydroxyl groups is 20. The zero-order valence-corrected chi connectivity index (χ0v) is 77.5. The van der Waals surface area contributed by atoms with Gasteiger partial charge in [-0.1, -0.05) is 198 Å². The Morgan fingerprint density at radius 1 is 0.383 bits per heavy atom. The lowest BCUT2D eigenvalue weighted by atomic mass is 9.82. The van der Waals surface area contributed by atoms with Crippen molar-refractivity contribution in [2.75, 3.05) is 20.2 Å². The monoisotopic (exact) mass is 1890 g/mol. The van der Waals surface area contributed by atoms with Gasteiger partial charge < -0.3 is 161 Å². The minimum atomic E-state index is -2.50. The highest BCUT2D eigenvalue weighted by Gasteiger charge is 2.54. The van der Waals surface area contributed by atoms with Gasteiger partial charge in [0.1, 0.15) is 30.3 Å². The standard InChI is InChI=1S/C97H151N3O33/c1-56-34-30-26-22-18-14-10-12-16-20-24-28-32-36-70(130-94-90(119)84(98)88(117)62(7)128-94)50-78-82(76(111)54-96(123,132-78)52-68(105)46-74(109)72(107)40-38-64(101)44-66(103)48-80(113)126-60(5)58(3)86(56)115)92(121)100-43-42-99-85-89(118)63(8)129-95(91(85)120)131-71-37-33-29-25-21-17-13-11-15-19-23-27-31-35-57(2)87(116)59(4)61(6)127-81(114)49-67(104)45-65(102)39-41-73(108)75(110)47-69(106)53-97(124)55-77(112)83(93(122)125-9)79(51-71)133-97/h10-37,56-79,82-91,94-95,99,101-112,115-120,123-124H,38-55,98H2,1-9H3,(H,100,121)/b12-10?,13-11+,18-14?,19-15+,20-16?,21-17+,26-22?,27-23+,28-24?,29-25+,34-30?,35-31+,36-32?,37-33+/t56-,57-,58-,59-,60-,61-,62+,63+,64+,65+,66+,67+,68-,69-,70-,71-,72+,73+,74+,75+,76-,77-,78-,79-,82+,83+,84-,85-,86+,87+,88+,89+,90-,91-,94-,95-,96+,97+/m0/s1. The second-order valence-corrected chi connectivity index (χ2v) is 36.2. The van der Waals surface area contributed by atoms with Crippen molar-refractivity contribution in [2.45, 2.75) is 353 Å². The average Bonchev–Trinajstić information content (AvgIpc) is 0.441. The Labute approximate surface area is 779 Å². The van der Waals surface area contributed by atoms with Gasteiger partial charge in [0.05, 0.1) is 172 Å². The molecule has 6 aliphatic heterocycles. The summed E-state index contributed by atoms with van der Waals surface area (Å²) in [4.78, 5) is 54.4. The van der Waals surface area contributed by atoms with Gasteiger partial charge in [0.2, 0.25) is 5.91 Å². The molecule has 36 nitrogen and oxygen atoms in total. The van der Waals surface area contributed by atoms with Gasteiger partial charge in [-0.3, -0.25) is 19.2 Å². The minimum absolute atomic E-state index is 0.175. The molecule has 4 bridgehead atoms. The van der Waals surface area contributed by atoms with Crippen LogP contribution in [0, 0.1) is 35.5 Å². The maximum Gasteiger partial charge on any atom is 0.313 e. The van der Waals surface area contributed by atoms with E-state index in [1.54, 1.807) is 193 Å². The van der Waals surface area contributed by atoms with Crippen molar-refractivity contribution in [3.8, 4) is 0 Å². The summed E-state index contributed by atoms with van der Waals surface area (Å²) in [5, 5.41) is 233. The molecule has 0 saturated carbocycles. The molecule has 6 rings (SSSR count). The van der Waals surface area contributed by atoms with Crippen LogP contribution in [0.2, 0.25) is 0 Å². The average molecular weight is 1890 g/mol. The minimum Gasteiger partial charge on any atom is -0.469 e. The third kappa shape index (κ3) is 39.1. The van der Waals surface area contributed by atoms with Crippen molar-refractivity contribution in [1.82, 2.24) is 10.6 Å². The van der Waals surface area contributed by atoms with Gasteiger partial charge >= 0.3 is 17.9 Å². The fraction of sp³-hybridized carbons (Fsp3) is 0.670. The first kappa shape index (κ1) is 115. The number of ether oxygens (including phenoxy) is 9. The number of esters is 3. The summed E-state index contributed by atoms with van der Waals surface area (Å²) in [7, 11) is 1.06. The van der Waals surface area contributed by atoms with Crippen molar-refractivity contribution >= 4 is 23.8 Å². The van der Waals surface area contributed by atoms with Crippen LogP contribution in [-0.2, 0) is 61.8 Å². The number of amides is 1. The first-order valence-electron chi connectivity index (χ1n) is 46.2. The summed E-state index contributed by atoms with van der Waals surface area (Å²) in [5.41, 5.74) is 6.25. The molecule has 1 amide bonds. The molecule has 24 N–H and O–H groups in total. The van der Waals surface area contributed by atoms with Crippen molar-refractivity contribution < 1.29 is 164 Å². The van der Waals surface area contributed by atoms with Crippen molar-refractivity contribution in [3.05, 3.63) is 170 Å². The first-order valence-corrected chi connectivity index (χ1v) is 46.2. The molecule has 0 aliphatic carbocycles. The summed E-state index contributed by atoms with van der Waals surface area (Å²) >= 11 is 0. The number of nitrogens with two attached hydrogens (primary N) is 1. The molecule has 6 heterocycles. The molecule has 36 heteroatoms. The number of nitrogens with one attached hydrogen (secondary N) is 2. The predicted octanol–water partition coefficient (Wildman–Crippen LogP) is 1.19. The lowest BCUT2D eigenvalue weighted by Gasteiger charge is -2.46. The first-order chi connectivity index (χ1) is 62.9. The Hall–Kier alpha value is -6.88. The maximum atomic E-state index is 14.9. The summed E-state index contributed by atoms with van der Waals surface area (Å²) < 4.78 is 53.7. The molecule has 4 fully saturated rings. The molecule has 0 aromatic rings. The maximum absolute atomic E-state index is 14.9. The number of fused-ring (bicyclic) bond motifs is 4. The van der Waals surface area contributed by atoms with Crippen LogP contribution in [0.4, 0.5) is 0 Å². The quantitative estimate of drug-likeness (QED) is 0.0830. The summed E-state index contributed by atoms with van der Waals surface area (Å²) in [6.07, 6.45) is 1.23. The second kappa shape index (κ2) is 58.1. The molecule has 133 heavy (non-hydrogen) atoms. The lowest BCUT2D eigenvalue weighted by molar-refractivity contribution is -0.310. The van der Waals surface area contributed by atoms with Gasteiger partial charge in [-0.25, -0.2) is 0 Å². The smallest absolute Gasteiger partial charge is 0.313 e. The van der Waals surface area contributed by atoms with Crippen LogP contribution in [0.25, 0.3) is 0 Å². The fourth-order valence-corrected chi connectivity index (χ4v) is 16.8. The normalized spacial score (nSPS) is 43.1. The third-order valence-electron chi connectivity index (χ3n) is 25.0. The Bertz CT molecular complexity index is 3910. The number of hydrogen-bond donors (Lipinski definition) is 23. The largest absolute Gasteiger partial charge is 0.469 e. The zero-order valence-electron chi connectivity index (χ0n) is 77.5. The summed E-state index contributed by atoms with van der Waals surface area (Å²) in [6, 6.07) is -2.60. The van der Waals surface area contributed by atoms with Crippen molar-refractivity contribution in [2.24, 2.45) is 41.2 Å². The van der Waals surface area contributed by atoms with E-state index in [1.165, 1.54) is 26.0 Å². The molecule has 4 saturated heterocycles. The van der Waals surface area contributed by atoms with Gasteiger partial charge in [0.15, 0.2) is 24.2 Å². The molecule has 0 spiro atoms. The van der Waals surface area contributed by atoms with Crippen molar-refractivity contribution in [1.29, 1.82) is 0 Å². The van der Waals surface area contributed by atoms with Crippen LogP contribution in [0.15, 0.2) is 170 Å². The molecular weight excluding hydrogens is 1740 g/mol. The van der Waals surface area contributed by atoms with Crippen LogP contribution in [0.3, 0.4) is 0 Å². The number of hydrogen-bond acceptors (Lipinski definition) is 35. The van der Waals surface area contributed by atoms with Gasteiger partial charge in [0.25, 0.3) is 0 Å². The van der Waals surface area contributed by atoms with E-state index in [0.29, 0.717) is 0 Å². The van der Waals surface area contributed by atoms with E-state index < -0.39 is 307 Å². The topological polar surface area (TPSA) is 606 Å². The van der Waals surface area contributed by atoms with Crippen LogP contribution in [0.5, 0.6) is 0 Å².